The van der Waals surface area contributed by atoms with Gasteiger partial charge < -0.3 is 19.4 Å². The summed E-state index contributed by atoms with van der Waals surface area (Å²) in [5.41, 5.74) is 0.621. The van der Waals surface area contributed by atoms with Crippen LogP contribution in [0, 0.1) is 5.41 Å². The average molecular weight is 512 g/mol. The molecule has 0 bridgehead atoms. The average Bonchev–Trinajstić information content (AvgIpc) is 2.90. The van der Waals surface area contributed by atoms with Gasteiger partial charge in [-0.3, -0.25) is 9.59 Å². The van der Waals surface area contributed by atoms with E-state index >= 15 is 0 Å². The molecule has 2 amide bonds. The van der Waals surface area contributed by atoms with Gasteiger partial charge in [-0.2, -0.15) is 0 Å². The molecular formula is C29H38ClN3O3. The largest absolute Gasteiger partial charge is 0.493 e. The maximum atomic E-state index is 13.7. The first-order chi connectivity index (χ1) is 17.4. The number of amides is 2. The van der Waals surface area contributed by atoms with Crippen molar-refractivity contribution >= 4 is 23.4 Å². The van der Waals surface area contributed by atoms with Crippen LogP contribution < -0.4 is 4.74 Å². The van der Waals surface area contributed by atoms with Gasteiger partial charge in [-0.05, 0) is 56.1 Å². The molecule has 0 unspecified atom stereocenters. The molecular weight excluding hydrogens is 474 g/mol. The molecule has 2 atom stereocenters. The van der Waals surface area contributed by atoms with E-state index in [0.29, 0.717) is 31.1 Å². The smallest absolute Gasteiger partial charge is 0.230 e. The second-order valence-electron chi connectivity index (χ2n) is 10.3. The number of likely N-dealkylation sites (N-methyl/N-ethyl adjacent to an activating group) is 1. The van der Waals surface area contributed by atoms with Crippen LogP contribution >= 0.6 is 11.6 Å². The fourth-order valence-corrected chi connectivity index (χ4v) is 5.55. The minimum Gasteiger partial charge on any atom is -0.493 e. The first-order valence-electron chi connectivity index (χ1n) is 13.1. The van der Waals surface area contributed by atoms with E-state index in [1.165, 1.54) is 0 Å². The molecule has 2 saturated heterocycles. The van der Waals surface area contributed by atoms with Gasteiger partial charge in [0.15, 0.2) is 0 Å². The number of rotatable bonds is 8. The molecule has 2 fully saturated rings. The molecule has 194 valence electrons. The number of carbonyl (C=O) groups excluding carboxylic acids is 2. The van der Waals surface area contributed by atoms with Gasteiger partial charge in [-0.1, -0.05) is 48.9 Å². The lowest BCUT2D eigenvalue weighted by Crippen LogP contribution is -2.53. The summed E-state index contributed by atoms with van der Waals surface area (Å²) in [5.74, 6) is 0.857. The Balaban J connectivity index is 1.52. The Morgan fingerprint density at radius 3 is 2.33 bits per heavy atom. The highest BCUT2D eigenvalue weighted by Gasteiger charge is 2.42. The van der Waals surface area contributed by atoms with Crippen molar-refractivity contribution in [3.8, 4) is 5.75 Å². The molecule has 36 heavy (non-hydrogen) atoms. The van der Waals surface area contributed by atoms with Crippen LogP contribution in [0.5, 0.6) is 5.75 Å². The molecule has 2 aliphatic rings. The third-order valence-corrected chi connectivity index (χ3v) is 7.87. The quantitative estimate of drug-likeness (QED) is 0.516. The molecule has 0 saturated carbocycles. The summed E-state index contributed by atoms with van der Waals surface area (Å²) in [4.78, 5) is 33.4. The number of halogens is 1. The first kappa shape index (κ1) is 26.5. The number of piperidine rings is 1. The number of ether oxygens (including phenoxy) is 1. The fourth-order valence-electron chi connectivity index (χ4n) is 5.42. The Morgan fingerprint density at radius 2 is 1.67 bits per heavy atom. The zero-order valence-electron chi connectivity index (χ0n) is 21.5. The number of piperazine rings is 1. The number of carbonyl (C=O) groups is 2. The third-order valence-electron chi connectivity index (χ3n) is 7.62. The van der Waals surface area contributed by atoms with E-state index in [1.54, 1.807) is 12.1 Å². The van der Waals surface area contributed by atoms with Crippen molar-refractivity contribution in [3.05, 3.63) is 65.2 Å². The van der Waals surface area contributed by atoms with Crippen molar-refractivity contribution in [3.63, 3.8) is 0 Å². The molecule has 2 aliphatic heterocycles. The van der Waals surface area contributed by atoms with Crippen molar-refractivity contribution in [1.29, 1.82) is 0 Å². The number of hydrogen-bond donors (Lipinski definition) is 0. The summed E-state index contributed by atoms with van der Waals surface area (Å²) in [6, 6.07) is 17.3. The van der Waals surface area contributed by atoms with Crippen LogP contribution in [-0.4, -0.2) is 79.4 Å². The van der Waals surface area contributed by atoms with E-state index in [2.05, 4.69) is 18.9 Å². The summed E-state index contributed by atoms with van der Waals surface area (Å²) < 4.78 is 6.23. The fraction of sp³-hybridized carbons (Fsp3) is 0.517. The van der Waals surface area contributed by atoms with Crippen molar-refractivity contribution in [2.24, 2.45) is 5.41 Å². The summed E-state index contributed by atoms with van der Waals surface area (Å²) in [7, 11) is 2.09. The van der Waals surface area contributed by atoms with Crippen LogP contribution in [-0.2, 0) is 9.59 Å². The first-order valence-corrected chi connectivity index (χ1v) is 13.5. The van der Waals surface area contributed by atoms with Gasteiger partial charge in [0.25, 0.3) is 0 Å². The number of nitrogens with zero attached hydrogens (tertiary/aromatic N) is 3. The number of benzene rings is 2. The zero-order valence-corrected chi connectivity index (χ0v) is 22.3. The summed E-state index contributed by atoms with van der Waals surface area (Å²) in [5, 5.41) is 0.656. The topological polar surface area (TPSA) is 53.1 Å². The van der Waals surface area contributed by atoms with Gasteiger partial charge in [0.1, 0.15) is 5.75 Å². The Hall–Kier alpha value is -2.57. The van der Waals surface area contributed by atoms with Crippen LogP contribution in [0.1, 0.15) is 44.1 Å². The molecule has 0 radical (unpaired) electrons. The molecule has 7 heteroatoms. The molecule has 0 spiro atoms. The lowest BCUT2D eigenvalue weighted by molar-refractivity contribution is -0.143. The molecule has 0 N–H and O–H groups in total. The van der Waals surface area contributed by atoms with E-state index in [-0.39, 0.29) is 17.7 Å². The molecule has 2 aromatic rings. The van der Waals surface area contributed by atoms with E-state index in [0.717, 1.165) is 56.8 Å². The van der Waals surface area contributed by atoms with Crippen LogP contribution in [0.2, 0.25) is 5.02 Å². The van der Waals surface area contributed by atoms with E-state index in [1.807, 2.05) is 52.3 Å². The van der Waals surface area contributed by atoms with Gasteiger partial charge in [-0.25, -0.2) is 0 Å². The van der Waals surface area contributed by atoms with Crippen LogP contribution in [0.3, 0.4) is 0 Å². The Bertz CT molecular complexity index is 1010. The lowest BCUT2D eigenvalue weighted by atomic mass is 9.76. The Kier molecular flexibility index (Phi) is 8.91. The number of likely N-dealkylation sites (tertiary alicyclic amines) is 1. The molecule has 4 rings (SSSR count). The number of hydrogen-bond acceptors (Lipinski definition) is 4. The van der Waals surface area contributed by atoms with Crippen LogP contribution in [0.25, 0.3) is 0 Å². The lowest BCUT2D eigenvalue weighted by Gasteiger charge is -2.44. The van der Waals surface area contributed by atoms with Crippen molar-refractivity contribution in [2.75, 3.05) is 52.9 Å². The van der Waals surface area contributed by atoms with Gasteiger partial charge in [0, 0.05) is 56.1 Å². The third kappa shape index (κ3) is 6.60. The summed E-state index contributed by atoms with van der Waals surface area (Å²) in [6.45, 7) is 6.97. The monoisotopic (exact) mass is 511 g/mol. The van der Waals surface area contributed by atoms with E-state index in [4.69, 9.17) is 16.3 Å². The normalized spacial score (nSPS) is 21.8. The van der Waals surface area contributed by atoms with Gasteiger partial charge in [-0.15, -0.1) is 0 Å². The predicted octanol–water partition coefficient (Wildman–Crippen LogP) is 4.69. The Labute approximate surface area is 220 Å². The van der Waals surface area contributed by atoms with Crippen LogP contribution in [0.4, 0.5) is 0 Å². The van der Waals surface area contributed by atoms with E-state index in [9.17, 15) is 9.59 Å². The molecule has 2 aromatic carbocycles. The standard InChI is InChI=1S/C29H38ClN3O3/c1-3-26(23-8-5-4-6-9-23)28(35)33-15-7-14-29(21-33,22-36-25-12-10-24(30)11-13-25)20-27(34)32-18-16-31(2)17-19-32/h4-6,8-13,26H,3,7,14-22H2,1-2H3/t26-,29-/m0/s1. The minimum atomic E-state index is -0.428. The van der Waals surface area contributed by atoms with Crippen molar-refractivity contribution < 1.29 is 14.3 Å². The molecule has 0 aromatic heterocycles. The highest BCUT2D eigenvalue weighted by Crippen LogP contribution is 2.37. The van der Waals surface area contributed by atoms with Gasteiger partial charge in [0.05, 0.1) is 12.5 Å². The summed E-state index contributed by atoms with van der Waals surface area (Å²) >= 11 is 6.05. The predicted molar refractivity (Wildman–Crippen MR) is 143 cm³/mol. The van der Waals surface area contributed by atoms with Gasteiger partial charge >= 0.3 is 0 Å². The maximum Gasteiger partial charge on any atom is 0.230 e. The SMILES string of the molecule is CC[C@H](C(=O)N1CCC[C@](COc2ccc(Cl)cc2)(CC(=O)N2CCN(C)CC2)C1)c1ccccc1. The van der Waals surface area contributed by atoms with Crippen molar-refractivity contribution in [2.45, 2.75) is 38.5 Å². The second kappa shape index (κ2) is 12.1. The van der Waals surface area contributed by atoms with E-state index < -0.39 is 5.41 Å². The molecule has 0 aliphatic carbocycles. The highest BCUT2D eigenvalue weighted by molar-refractivity contribution is 6.30. The zero-order chi connectivity index (χ0) is 25.5. The Morgan fingerprint density at radius 1 is 0.972 bits per heavy atom. The maximum absolute atomic E-state index is 13.7. The minimum absolute atomic E-state index is 0.145. The molecule has 2 heterocycles. The summed E-state index contributed by atoms with van der Waals surface area (Å²) in [6.07, 6.45) is 2.84. The second-order valence-corrected chi connectivity index (χ2v) is 10.8. The molecule has 6 nitrogen and oxygen atoms in total. The van der Waals surface area contributed by atoms with Gasteiger partial charge in [0.2, 0.25) is 11.8 Å². The highest BCUT2D eigenvalue weighted by atomic mass is 35.5. The van der Waals surface area contributed by atoms with Crippen LogP contribution in [0.15, 0.2) is 54.6 Å². The van der Waals surface area contributed by atoms with Crippen molar-refractivity contribution in [1.82, 2.24) is 14.7 Å².